The molecule has 4 rings (SSSR count). The number of carbonyl (C=O) groups is 1. The highest BCUT2D eigenvalue weighted by atomic mass is 16.2. The number of amides is 1. The Balaban J connectivity index is 1.94. The van der Waals surface area contributed by atoms with Gasteiger partial charge in [0.1, 0.15) is 5.82 Å². The average molecular weight is 418 g/mol. The monoisotopic (exact) mass is 417 g/mol. The summed E-state index contributed by atoms with van der Waals surface area (Å²) in [5.41, 5.74) is 3.50. The Labute approximate surface area is 183 Å². The van der Waals surface area contributed by atoms with Gasteiger partial charge in [0, 0.05) is 12.5 Å². The quantitative estimate of drug-likeness (QED) is 0.560. The normalized spacial score (nSPS) is 15.0. The largest absolute Gasteiger partial charge is 0.333 e. The standard InChI is InChI=1S/C26H31N3O2/c1-5-15-28(25(30)20-9-8-10-20)19(4)24-27-22-12-7-6-11-21(22)26(31)29(24)23-16-17(2)13-14-18(23)3/h6-7,11-14,16,19-20H,5,8-10,15H2,1-4H3. The van der Waals surface area contributed by atoms with Gasteiger partial charge in [-0.2, -0.15) is 0 Å². The summed E-state index contributed by atoms with van der Waals surface area (Å²) < 4.78 is 1.73. The molecular weight excluding hydrogens is 386 g/mol. The van der Waals surface area contributed by atoms with E-state index in [0.29, 0.717) is 23.3 Å². The number of hydrogen-bond donors (Lipinski definition) is 0. The number of aryl methyl sites for hydroxylation is 2. The van der Waals surface area contributed by atoms with Crippen LogP contribution in [0.4, 0.5) is 0 Å². The van der Waals surface area contributed by atoms with Crippen molar-refractivity contribution in [3.63, 3.8) is 0 Å². The Hall–Kier alpha value is -2.95. The molecule has 0 bridgehead atoms. The van der Waals surface area contributed by atoms with E-state index in [4.69, 9.17) is 4.98 Å². The minimum absolute atomic E-state index is 0.0892. The summed E-state index contributed by atoms with van der Waals surface area (Å²) in [7, 11) is 0. The fourth-order valence-corrected chi connectivity index (χ4v) is 4.39. The molecule has 1 fully saturated rings. The molecule has 2 aromatic carbocycles. The highest BCUT2D eigenvalue weighted by molar-refractivity contribution is 5.81. The molecule has 0 spiro atoms. The van der Waals surface area contributed by atoms with Gasteiger partial charge in [-0.05, 0) is 69.4 Å². The Kier molecular flexibility index (Phi) is 5.94. The predicted octanol–water partition coefficient (Wildman–Crippen LogP) is 5.10. The smallest absolute Gasteiger partial charge is 0.266 e. The summed E-state index contributed by atoms with van der Waals surface area (Å²) in [5, 5.41) is 0.590. The zero-order valence-electron chi connectivity index (χ0n) is 18.9. The van der Waals surface area contributed by atoms with Crippen LogP contribution in [-0.4, -0.2) is 26.9 Å². The first-order valence-corrected chi connectivity index (χ1v) is 11.3. The van der Waals surface area contributed by atoms with E-state index < -0.39 is 0 Å². The number of aromatic nitrogens is 2. The van der Waals surface area contributed by atoms with Crippen LogP contribution in [0.2, 0.25) is 0 Å². The third-order valence-electron chi connectivity index (χ3n) is 6.45. The number of carbonyl (C=O) groups excluding carboxylic acids is 1. The van der Waals surface area contributed by atoms with Crippen molar-refractivity contribution in [2.75, 3.05) is 6.54 Å². The molecule has 1 atom stereocenters. The summed E-state index contributed by atoms with van der Waals surface area (Å²) in [4.78, 5) is 33.8. The molecule has 1 aliphatic carbocycles. The lowest BCUT2D eigenvalue weighted by Gasteiger charge is -2.36. The Morgan fingerprint density at radius 3 is 2.61 bits per heavy atom. The van der Waals surface area contributed by atoms with Gasteiger partial charge in [0.05, 0.1) is 22.6 Å². The third kappa shape index (κ3) is 3.89. The lowest BCUT2D eigenvalue weighted by molar-refractivity contribution is -0.140. The van der Waals surface area contributed by atoms with Crippen molar-refractivity contribution in [1.29, 1.82) is 0 Å². The summed E-state index contributed by atoms with van der Waals surface area (Å²) in [6.45, 7) is 8.78. The first kappa shape index (κ1) is 21.3. The van der Waals surface area contributed by atoms with Crippen LogP contribution in [-0.2, 0) is 4.79 Å². The van der Waals surface area contributed by atoms with Crippen molar-refractivity contribution < 1.29 is 4.79 Å². The van der Waals surface area contributed by atoms with Gasteiger partial charge in [-0.1, -0.05) is 37.6 Å². The molecule has 1 unspecified atom stereocenters. The van der Waals surface area contributed by atoms with E-state index in [0.717, 1.165) is 42.5 Å². The topological polar surface area (TPSA) is 55.2 Å². The van der Waals surface area contributed by atoms with Crippen LogP contribution in [0.25, 0.3) is 16.6 Å². The van der Waals surface area contributed by atoms with Crippen LogP contribution in [0.15, 0.2) is 47.3 Å². The number of para-hydroxylation sites is 1. The summed E-state index contributed by atoms with van der Waals surface area (Å²) in [6, 6.07) is 13.3. The number of rotatable bonds is 6. The molecule has 0 saturated heterocycles. The van der Waals surface area contributed by atoms with E-state index in [1.165, 1.54) is 0 Å². The molecule has 1 amide bonds. The van der Waals surface area contributed by atoms with Crippen LogP contribution in [0.5, 0.6) is 0 Å². The predicted molar refractivity (Wildman–Crippen MR) is 125 cm³/mol. The van der Waals surface area contributed by atoms with Gasteiger partial charge < -0.3 is 4.90 Å². The minimum atomic E-state index is -0.301. The van der Waals surface area contributed by atoms with Crippen molar-refractivity contribution in [2.45, 2.75) is 59.4 Å². The summed E-state index contributed by atoms with van der Waals surface area (Å²) >= 11 is 0. The molecule has 1 aliphatic rings. The van der Waals surface area contributed by atoms with Gasteiger partial charge in [0.15, 0.2) is 0 Å². The van der Waals surface area contributed by atoms with Gasteiger partial charge in [-0.15, -0.1) is 0 Å². The first-order chi connectivity index (χ1) is 14.9. The molecular formula is C26H31N3O2. The molecule has 0 aliphatic heterocycles. The molecule has 0 N–H and O–H groups in total. The highest BCUT2D eigenvalue weighted by Crippen LogP contribution is 2.32. The van der Waals surface area contributed by atoms with E-state index in [2.05, 4.69) is 6.92 Å². The molecule has 1 aromatic heterocycles. The van der Waals surface area contributed by atoms with Gasteiger partial charge in [-0.3, -0.25) is 14.2 Å². The maximum atomic E-state index is 13.7. The van der Waals surface area contributed by atoms with Crippen molar-refractivity contribution >= 4 is 16.8 Å². The van der Waals surface area contributed by atoms with Gasteiger partial charge in [0.2, 0.25) is 5.91 Å². The van der Waals surface area contributed by atoms with E-state index in [1.807, 2.05) is 68.1 Å². The fourth-order valence-electron chi connectivity index (χ4n) is 4.39. The number of fused-ring (bicyclic) bond motifs is 1. The zero-order chi connectivity index (χ0) is 22.1. The van der Waals surface area contributed by atoms with Crippen LogP contribution >= 0.6 is 0 Å². The molecule has 5 nitrogen and oxygen atoms in total. The van der Waals surface area contributed by atoms with Gasteiger partial charge in [0.25, 0.3) is 5.56 Å². The van der Waals surface area contributed by atoms with Gasteiger partial charge >= 0.3 is 0 Å². The second-order valence-corrected chi connectivity index (χ2v) is 8.75. The van der Waals surface area contributed by atoms with E-state index >= 15 is 0 Å². The van der Waals surface area contributed by atoms with Crippen molar-refractivity contribution in [3.05, 3.63) is 69.8 Å². The summed E-state index contributed by atoms with van der Waals surface area (Å²) in [5.74, 6) is 0.921. The van der Waals surface area contributed by atoms with E-state index in [-0.39, 0.29) is 23.4 Å². The van der Waals surface area contributed by atoms with E-state index in [9.17, 15) is 9.59 Å². The highest BCUT2D eigenvalue weighted by Gasteiger charge is 2.33. The van der Waals surface area contributed by atoms with Crippen molar-refractivity contribution in [2.24, 2.45) is 5.92 Å². The second kappa shape index (κ2) is 8.66. The minimum Gasteiger partial charge on any atom is -0.333 e. The van der Waals surface area contributed by atoms with Crippen LogP contribution in [0, 0.1) is 19.8 Å². The second-order valence-electron chi connectivity index (χ2n) is 8.75. The first-order valence-electron chi connectivity index (χ1n) is 11.3. The van der Waals surface area contributed by atoms with Crippen molar-refractivity contribution in [1.82, 2.24) is 14.5 Å². The van der Waals surface area contributed by atoms with Crippen LogP contribution < -0.4 is 5.56 Å². The molecule has 5 heteroatoms. The molecule has 162 valence electrons. The van der Waals surface area contributed by atoms with E-state index in [1.54, 1.807) is 4.57 Å². The number of nitrogens with zero attached hydrogens (tertiary/aromatic N) is 3. The number of benzene rings is 2. The van der Waals surface area contributed by atoms with Crippen molar-refractivity contribution in [3.8, 4) is 5.69 Å². The maximum absolute atomic E-state index is 13.7. The third-order valence-corrected chi connectivity index (χ3v) is 6.45. The Morgan fingerprint density at radius 1 is 1.19 bits per heavy atom. The molecule has 1 heterocycles. The SMILES string of the molecule is CCCN(C(=O)C1CCC1)C(C)c1nc2ccccc2c(=O)n1-c1cc(C)ccc1C. The zero-order valence-corrected chi connectivity index (χ0v) is 18.9. The fraction of sp³-hybridized carbons (Fsp3) is 0.423. The Bertz CT molecular complexity index is 1180. The molecule has 1 saturated carbocycles. The van der Waals surface area contributed by atoms with Crippen LogP contribution in [0.1, 0.15) is 62.5 Å². The maximum Gasteiger partial charge on any atom is 0.266 e. The lowest BCUT2D eigenvalue weighted by atomic mass is 9.84. The van der Waals surface area contributed by atoms with Crippen LogP contribution in [0.3, 0.4) is 0 Å². The summed E-state index contributed by atoms with van der Waals surface area (Å²) in [6.07, 6.45) is 3.90. The number of hydrogen-bond acceptors (Lipinski definition) is 3. The molecule has 31 heavy (non-hydrogen) atoms. The lowest BCUT2D eigenvalue weighted by Crippen LogP contribution is -2.42. The Morgan fingerprint density at radius 2 is 1.94 bits per heavy atom. The molecule has 3 aromatic rings. The average Bonchev–Trinajstić information content (AvgIpc) is 2.72. The molecule has 0 radical (unpaired) electrons. The van der Waals surface area contributed by atoms with Gasteiger partial charge in [-0.25, -0.2) is 4.98 Å².